The minimum atomic E-state index is -0.162. The van der Waals surface area contributed by atoms with Gasteiger partial charge in [-0.1, -0.05) is 38.7 Å². The summed E-state index contributed by atoms with van der Waals surface area (Å²) in [6.45, 7) is 2.86. The molecule has 0 aliphatic carbocycles. The lowest BCUT2D eigenvalue weighted by atomic mass is 9.99. The van der Waals surface area contributed by atoms with Crippen molar-refractivity contribution >= 4 is 17.7 Å². The van der Waals surface area contributed by atoms with Crippen LogP contribution in [0.1, 0.15) is 84.0 Å². The minimum Gasteiger partial charge on any atom is -0.469 e. The highest BCUT2D eigenvalue weighted by molar-refractivity contribution is 5.89. The molecule has 1 aliphatic rings. The average molecular weight is 366 g/mol. The number of carbonyl (C=O) groups excluding carboxylic acids is 3. The van der Waals surface area contributed by atoms with Crippen LogP contribution in [-0.2, 0) is 19.1 Å². The summed E-state index contributed by atoms with van der Waals surface area (Å²) in [6.07, 6.45) is 14.0. The van der Waals surface area contributed by atoms with Crippen molar-refractivity contribution in [1.29, 1.82) is 0 Å². The number of nitrogens with zero attached hydrogens (tertiary/aromatic N) is 1. The Morgan fingerprint density at radius 1 is 1.12 bits per heavy atom. The monoisotopic (exact) mass is 365 g/mol. The van der Waals surface area contributed by atoms with E-state index in [1.807, 2.05) is 11.0 Å². The van der Waals surface area contributed by atoms with Gasteiger partial charge in [0.15, 0.2) is 5.78 Å². The Morgan fingerprint density at radius 3 is 2.58 bits per heavy atom. The van der Waals surface area contributed by atoms with Crippen LogP contribution in [0.15, 0.2) is 12.2 Å². The molecule has 1 fully saturated rings. The molecule has 0 aromatic rings. The van der Waals surface area contributed by atoms with E-state index in [2.05, 4.69) is 11.7 Å². The molecule has 1 saturated heterocycles. The van der Waals surface area contributed by atoms with Crippen LogP contribution in [-0.4, -0.2) is 42.3 Å². The highest BCUT2D eigenvalue weighted by Gasteiger charge is 2.25. The largest absolute Gasteiger partial charge is 0.469 e. The van der Waals surface area contributed by atoms with Crippen LogP contribution in [0.3, 0.4) is 0 Å². The van der Waals surface area contributed by atoms with E-state index in [4.69, 9.17) is 0 Å². The summed E-state index contributed by atoms with van der Waals surface area (Å²) in [6, 6.07) is 0.0569. The Labute approximate surface area is 158 Å². The first-order chi connectivity index (χ1) is 12.6. The van der Waals surface area contributed by atoms with E-state index >= 15 is 0 Å². The van der Waals surface area contributed by atoms with Gasteiger partial charge in [0.2, 0.25) is 5.91 Å². The number of rotatable bonds is 13. The van der Waals surface area contributed by atoms with E-state index < -0.39 is 0 Å². The molecule has 1 heterocycles. The van der Waals surface area contributed by atoms with E-state index in [1.165, 1.54) is 7.11 Å². The lowest BCUT2D eigenvalue weighted by Gasteiger charge is -2.34. The van der Waals surface area contributed by atoms with Crippen LogP contribution in [0.25, 0.3) is 0 Å². The van der Waals surface area contributed by atoms with Crippen molar-refractivity contribution in [3.8, 4) is 0 Å². The van der Waals surface area contributed by atoms with Crippen molar-refractivity contribution in [1.82, 2.24) is 4.90 Å². The fourth-order valence-corrected chi connectivity index (χ4v) is 3.30. The third kappa shape index (κ3) is 9.16. The SMILES string of the molecule is CCCCCC(=O)/C=C/[C@H]1CCCC(=O)N1CCCCCCC(=O)OC. The Bertz CT molecular complexity index is 473. The summed E-state index contributed by atoms with van der Waals surface area (Å²) in [7, 11) is 1.41. The Morgan fingerprint density at radius 2 is 1.85 bits per heavy atom. The number of piperidine rings is 1. The number of unbranched alkanes of at least 4 members (excludes halogenated alkanes) is 5. The Balaban J connectivity index is 2.36. The van der Waals surface area contributed by atoms with Crippen LogP contribution >= 0.6 is 0 Å². The van der Waals surface area contributed by atoms with E-state index in [-0.39, 0.29) is 23.7 Å². The van der Waals surface area contributed by atoms with Gasteiger partial charge in [-0.25, -0.2) is 0 Å². The van der Waals surface area contributed by atoms with Gasteiger partial charge in [-0.15, -0.1) is 0 Å². The number of likely N-dealkylation sites (tertiary alicyclic amines) is 1. The highest BCUT2D eigenvalue weighted by Crippen LogP contribution is 2.20. The second-order valence-electron chi connectivity index (χ2n) is 7.07. The molecule has 1 atom stereocenters. The van der Waals surface area contributed by atoms with E-state index in [1.54, 1.807) is 6.08 Å². The van der Waals surface area contributed by atoms with Gasteiger partial charge in [-0.3, -0.25) is 14.4 Å². The highest BCUT2D eigenvalue weighted by atomic mass is 16.5. The summed E-state index contributed by atoms with van der Waals surface area (Å²) >= 11 is 0. The molecular weight excluding hydrogens is 330 g/mol. The van der Waals surface area contributed by atoms with E-state index in [0.29, 0.717) is 19.3 Å². The van der Waals surface area contributed by atoms with Gasteiger partial charge in [0, 0.05) is 25.8 Å². The maximum absolute atomic E-state index is 12.3. The van der Waals surface area contributed by atoms with Gasteiger partial charge in [0.05, 0.1) is 13.2 Å². The summed E-state index contributed by atoms with van der Waals surface area (Å²) in [5.74, 6) is 0.197. The van der Waals surface area contributed by atoms with Crippen LogP contribution in [0.5, 0.6) is 0 Å². The van der Waals surface area contributed by atoms with Crippen LogP contribution in [0.2, 0.25) is 0 Å². The molecule has 0 radical (unpaired) electrons. The van der Waals surface area contributed by atoms with Crippen LogP contribution in [0, 0.1) is 0 Å². The third-order valence-electron chi connectivity index (χ3n) is 4.90. The third-order valence-corrected chi connectivity index (χ3v) is 4.90. The molecule has 0 unspecified atom stereocenters. The summed E-state index contributed by atoms with van der Waals surface area (Å²) in [4.78, 5) is 37.2. The number of ether oxygens (including phenoxy) is 1. The minimum absolute atomic E-state index is 0.0569. The zero-order valence-corrected chi connectivity index (χ0v) is 16.5. The molecule has 1 aliphatic heterocycles. The molecule has 0 spiro atoms. The van der Waals surface area contributed by atoms with Gasteiger partial charge < -0.3 is 9.64 Å². The first-order valence-corrected chi connectivity index (χ1v) is 10.2. The smallest absolute Gasteiger partial charge is 0.305 e. The maximum atomic E-state index is 12.3. The maximum Gasteiger partial charge on any atom is 0.305 e. The number of esters is 1. The number of amides is 1. The van der Waals surface area contributed by atoms with Crippen molar-refractivity contribution in [3.05, 3.63) is 12.2 Å². The van der Waals surface area contributed by atoms with Crippen LogP contribution in [0.4, 0.5) is 0 Å². The van der Waals surface area contributed by atoms with E-state index in [9.17, 15) is 14.4 Å². The molecule has 0 saturated carbocycles. The van der Waals surface area contributed by atoms with Gasteiger partial charge in [0.25, 0.3) is 0 Å². The molecule has 0 bridgehead atoms. The molecule has 26 heavy (non-hydrogen) atoms. The normalized spacial score (nSPS) is 17.7. The second kappa shape index (κ2) is 13.5. The number of hydrogen-bond donors (Lipinski definition) is 0. The van der Waals surface area contributed by atoms with E-state index in [0.717, 1.165) is 64.3 Å². The summed E-state index contributed by atoms with van der Waals surface area (Å²) in [5, 5.41) is 0. The van der Waals surface area contributed by atoms with Crippen molar-refractivity contribution < 1.29 is 19.1 Å². The lowest BCUT2D eigenvalue weighted by molar-refractivity contribution is -0.140. The lowest BCUT2D eigenvalue weighted by Crippen LogP contribution is -2.43. The molecular formula is C21H35NO4. The standard InChI is InChI=1S/C21H35NO4/c1-3-4-7-12-19(23)16-15-18-11-10-13-20(24)22(18)17-9-6-5-8-14-21(25)26-2/h15-16,18H,3-14,17H2,1-2H3/b16-15+/t18-/m1/s1. The Hall–Kier alpha value is -1.65. The molecule has 1 rings (SSSR count). The fourth-order valence-electron chi connectivity index (χ4n) is 3.30. The Kier molecular flexibility index (Phi) is 11.7. The zero-order valence-electron chi connectivity index (χ0n) is 16.5. The number of ketones is 1. The zero-order chi connectivity index (χ0) is 19.2. The number of allylic oxidation sites excluding steroid dienone is 1. The van der Waals surface area contributed by atoms with Crippen molar-refractivity contribution in [3.63, 3.8) is 0 Å². The predicted molar refractivity (Wildman–Crippen MR) is 103 cm³/mol. The first-order valence-electron chi connectivity index (χ1n) is 10.2. The molecule has 0 aromatic carbocycles. The molecule has 0 aromatic heterocycles. The molecule has 5 heteroatoms. The first kappa shape index (κ1) is 22.4. The number of carbonyl (C=O) groups is 3. The van der Waals surface area contributed by atoms with Gasteiger partial charge in [-0.2, -0.15) is 0 Å². The summed E-state index contributed by atoms with van der Waals surface area (Å²) < 4.78 is 4.63. The van der Waals surface area contributed by atoms with Crippen molar-refractivity contribution in [2.24, 2.45) is 0 Å². The number of hydrogen-bond acceptors (Lipinski definition) is 4. The average Bonchev–Trinajstić information content (AvgIpc) is 2.64. The quantitative estimate of drug-likeness (QED) is 0.279. The summed E-state index contributed by atoms with van der Waals surface area (Å²) in [5.41, 5.74) is 0. The van der Waals surface area contributed by atoms with Crippen LogP contribution < -0.4 is 0 Å². The van der Waals surface area contributed by atoms with Gasteiger partial charge in [-0.05, 0) is 38.2 Å². The molecule has 5 nitrogen and oxygen atoms in total. The molecule has 1 amide bonds. The molecule has 148 valence electrons. The predicted octanol–water partition coefficient (Wildman–Crippen LogP) is 4.20. The number of methoxy groups -OCH3 is 1. The second-order valence-corrected chi connectivity index (χ2v) is 7.07. The molecule has 0 N–H and O–H groups in total. The van der Waals surface area contributed by atoms with Gasteiger partial charge in [0.1, 0.15) is 0 Å². The fraction of sp³-hybridized carbons (Fsp3) is 0.762. The van der Waals surface area contributed by atoms with Crippen molar-refractivity contribution in [2.75, 3.05) is 13.7 Å². The van der Waals surface area contributed by atoms with Gasteiger partial charge >= 0.3 is 5.97 Å². The topological polar surface area (TPSA) is 63.7 Å². The van der Waals surface area contributed by atoms with Crippen molar-refractivity contribution in [2.45, 2.75) is 90.0 Å².